The van der Waals surface area contributed by atoms with E-state index < -0.39 is 5.97 Å². The molecule has 1 N–H and O–H groups in total. The quantitative estimate of drug-likeness (QED) is 0.672. The molecule has 0 radical (unpaired) electrons. The summed E-state index contributed by atoms with van der Waals surface area (Å²) < 4.78 is 16.6. The summed E-state index contributed by atoms with van der Waals surface area (Å²) in [5.74, 6) is 0.670. The first-order valence-corrected chi connectivity index (χ1v) is 7.94. The maximum absolute atomic E-state index is 12.3. The Balaban J connectivity index is 1.79. The molecule has 0 atom stereocenters. The first-order valence-electron chi connectivity index (χ1n) is 7.14. The average molecular weight is 391 g/mol. The number of hydrogen-bond donors (Lipinski definition) is 1. The minimum absolute atomic E-state index is 0.0843. The first kappa shape index (κ1) is 16.3. The van der Waals surface area contributed by atoms with Crippen LogP contribution in [0.5, 0.6) is 11.5 Å². The SMILES string of the molecule is COc1cc(Br)c(COC(=O)c2n[nH]c3ccccc23)cc1OC. The summed E-state index contributed by atoms with van der Waals surface area (Å²) in [6.45, 7) is 0.0843. The topological polar surface area (TPSA) is 73.4 Å². The number of hydrogen-bond acceptors (Lipinski definition) is 5. The second kappa shape index (κ2) is 6.92. The Morgan fingerprint density at radius 2 is 1.88 bits per heavy atom. The number of aromatic amines is 1. The first-order chi connectivity index (χ1) is 11.6. The number of H-pyrrole nitrogens is 1. The fraction of sp³-hybridized carbons (Fsp3) is 0.176. The van der Waals surface area contributed by atoms with Crippen molar-refractivity contribution in [1.82, 2.24) is 10.2 Å². The van der Waals surface area contributed by atoms with Gasteiger partial charge in [-0.2, -0.15) is 5.10 Å². The number of fused-ring (bicyclic) bond motifs is 1. The van der Waals surface area contributed by atoms with E-state index in [1.165, 1.54) is 0 Å². The van der Waals surface area contributed by atoms with Gasteiger partial charge >= 0.3 is 5.97 Å². The molecule has 0 aliphatic rings. The molecule has 24 heavy (non-hydrogen) atoms. The Bertz CT molecular complexity index is 891. The van der Waals surface area contributed by atoms with E-state index in [4.69, 9.17) is 14.2 Å². The molecule has 7 heteroatoms. The summed E-state index contributed by atoms with van der Waals surface area (Å²) >= 11 is 3.44. The van der Waals surface area contributed by atoms with Gasteiger partial charge in [-0.3, -0.25) is 5.10 Å². The Morgan fingerprint density at radius 3 is 2.62 bits per heavy atom. The minimum atomic E-state index is -0.492. The number of nitrogens with one attached hydrogen (secondary N) is 1. The standard InChI is InChI=1S/C17H15BrN2O4/c1-22-14-7-10(12(18)8-15(14)23-2)9-24-17(21)16-11-5-3-4-6-13(11)19-20-16/h3-8H,9H2,1-2H3,(H,19,20). The van der Waals surface area contributed by atoms with Crippen LogP contribution in [0.25, 0.3) is 10.9 Å². The zero-order valence-corrected chi connectivity index (χ0v) is 14.7. The van der Waals surface area contributed by atoms with Gasteiger partial charge in [0.05, 0.1) is 19.7 Å². The molecule has 0 aliphatic carbocycles. The van der Waals surface area contributed by atoms with Crippen LogP contribution in [0.15, 0.2) is 40.9 Å². The van der Waals surface area contributed by atoms with Crippen LogP contribution in [0.2, 0.25) is 0 Å². The van der Waals surface area contributed by atoms with E-state index in [1.54, 1.807) is 26.4 Å². The van der Waals surface area contributed by atoms with Crippen molar-refractivity contribution in [3.05, 3.63) is 52.1 Å². The molecule has 0 amide bonds. The van der Waals surface area contributed by atoms with Gasteiger partial charge in [-0.15, -0.1) is 0 Å². The Labute approximate surface area is 146 Å². The summed E-state index contributed by atoms with van der Waals surface area (Å²) in [6.07, 6.45) is 0. The molecule has 6 nitrogen and oxygen atoms in total. The van der Waals surface area contributed by atoms with Crippen LogP contribution in [0.4, 0.5) is 0 Å². The number of rotatable bonds is 5. The molecule has 0 fully saturated rings. The van der Waals surface area contributed by atoms with Crippen molar-refractivity contribution < 1.29 is 19.0 Å². The minimum Gasteiger partial charge on any atom is -0.493 e. The number of carbonyl (C=O) groups excluding carboxylic acids is 1. The van der Waals surface area contributed by atoms with E-state index in [1.807, 2.05) is 24.3 Å². The summed E-state index contributed by atoms with van der Waals surface area (Å²) in [6, 6.07) is 10.9. The zero-order valence-electron chi connectivity index (χ0n) is 13.1. The van der Waals surface area contributed by atoms with Gasteiger partial charge in [-0.1, -0.05) is 34.1 Å². The molecule has 0 bridgehead atoms. The van der Waals surface area contributed by atoms with Crippen molar-refractivity contribution in [3.63, 3.8) is 0 Å². The second-order valence-electron chi connectivity index (χ2n) is 4.99. The van der Waals surface area contributed by atoms with Crippen LogP contribution in [-0.2, 0) is 11.3 Å². The number of halogens is 1. The molecule has 0 aliphatic heterocycles. The van der Waals surface area contributed by atoms with Crippen LogP contribution >= 0.6 is 15.9 Å². The number of aromatic nitrogens is 2. The summed E-state index contributed by atoms with van der Waals surface area (Å²) in [5.41, 5.74) is 1.82. The largest absolute Gasteiger partial charge is 0.493 e. The van der Waals surface area contributed by atoms with E-state index in [0.29, 0.717) is 11.5 Å². The van der Waals surface area contributed by atoms with Crippen molar-refractivity contribution >= 4 is 32.8 Å². The summed E-state index contributed by atoms with van der Waals surface area (Å²) in [7, 11) is 3.12. The third-order valence-corrected chi connectivity index (χ3v) is 4.31. The summed E-state index contributed by atoms with van der Waals surface area (Å²) in [4.78, 5) is 12.3. The van der Waals surface area contributed by atoms with Crippen molar-refractivity contribution in [2.24, 2.45) is 0 Å². The molecule has 124 valence electrons. The molecule has 0 unspecified atom stereocenters. The molecule has 0 spiro atoms. The smallest absolute Gasteiger partial charge is 0.359 e. The lowest BCUT2D eigenvalue weighted by atomic mass is 10.2. The van der Waals surface area contributed by atoms with Gasteiger partial charge in [0.2, 0.25) is 0 Å². The van der Waals surface area contributed by atoms with Gasteiger partial charge < -0.3 is 14.2 Å². The van der Waals surface area contributed by atoms with Gasteiger partial charge in [0.15, 0.2) is 17.2 Å². The van der Waals surface area contributed by atoms with E-state index in [9.17, 15) is 4.79 Å². The summed E-state index contributed by atoms with van der Waals surface area (Å²) in [5, 5.41) is 7.58. The van der Waals surface area contributed by atoms with E-state index in [2.05, 4.69) is 26.1 Å². The fourth-order valence-electron chi connectivity index (χ4n) is 2.34. The predicted octanol–water partition coefficient (Wildman–Crippen LogP) is 3.70. The molecule has 1 heterocycles. The Morgan fingerprint density at radius 1 is 1.17 bits per heavy atom. The number of ether oxygens (including phenoxy) is 3. The lowest BCUT2D eigenvalue weighted by Crippen LogP contribution is -2.07. The number of esters is 1. The highest BCUT2D eigenvalue weighted by Gasteiger charge is 2.17. The van der Waals surface area contributed by atoms with Crippen molar-refractivity contribution in [2.45, 2.75) is 6.61 Å². The molecule has 3 rings (SSSR count). The molecule has 0 saturated heterocycles. The Kier molecular flexibility index (Phi) is 4.71. The molecular formula is C17H15BrN2O4. The van der Waals surface area contributed by atoms with Crippen LogP contribution in [0.3, 0.4) is 0 Å². The number of methoxy groups -OCH3 is 2. The number of nitrogens with zero attached hydrogens (tertiary/aromatic N) is 1. The maximum atomic E-state index is 12.3. The van der Waals surface area contributed by atoms with E-state index >= 15 is 0 Å². The fourth-order valence-corrected chi connectivity index (χ4v) is 2.77. The van der Waals surface area contributed by atoms with Crippen molar-refractivity contribution in [1.29, 1.82) is 0 Å². The van der Waals surface area contributed by atoms with Gasteiger partial charge in [-0.25, -0.2) is 4.79 Å². The maximum Gasteiger partial charge on any atom is 0.359 e. The highest BCUT2D eigenvalue weighted by Crippen LogP contribution is 2.33. The average Bonchev–Trinajstić information content (AvgIpc) is 3.04. The molecule has 1 aromatic heterocycles. The van der Waals surface area contributed by atoms with E-state index in [0.717, 1.165) is 20.9 Å². The van der Waals surface area contributed by atoms with Crippen LogP contribution < -0.4 is 9.47 Å². The molecule has 3 aromatic rings. The van der Waals surface area contributed by atoms with Gasteiger partial charge in [0.1, 0.15) is 6.61 Å². The highest BCUT2D eigenvalue weighted by atomic mass is 79.9. The normalized spacial score (nSPS) is 10.6. The Hall–Kier alpha value is -2.54. The number of benzene rings is 2. The number of carbonyl (C=O) groups is 1. The lowest BCUT2D eigenvalue weighted by Gasteiger charge is -2.12. The van der Waals surface area contributed by atoms with Crippen LogP contribution in [0.1, 0.15) is 16.1 Å². The molecule has 0 saturated carbocycles. The highest BCUT2D eigenvalue weighted by molar-refractivity contribution is 9.10. The van der Waals surface area contributed by atoms with Gasteiger partial charge in [-0.05, 0) is 18.2 Å². The third kappa shape index (κ3) is 3.07. The monoisotopic (exact) mass is 390 g/mol. The lowest BCUT2D eigenvalue weighted by molar-refractivity contribution is 0.0467. The zero-order chi connectivity index (χ0) is 17.1. The number of para-hydroxylation sites is 1. The van der Waals surface area contributed by atoms with Crippen LogP contribution in [0, 0.1) is 0 Å². The van der Waals surface area contributed by atoms with E-state index in [-0.39, 0.29) is 12.3 Å². The molecule has 2 aromatic carbocycles. The third-order valence-electron chi connectivity index (χ3n) is 3.58. The predicted molar refractivity (Wildman–Crippen MR) is 92.5 cm³/mol. The van der Waals surface area contributed by atoms with Crippen molar-refractivity contribution in [2.75, 3.05) is 14.2 Å². The van der Waals surface area contributed by atoms with Crippen molar-refractivity contribution in [3.8, 4) is 11.5 Å². The molecular weight excluding hydrogens is 376 g/mol. The second-order valence-corrected chi connectivity index (χ2v) is 5.85. The van der Waals surface area contributed by atoms with Gasteiger partial charge in [0.25, 0.3) is 0 Å². The van der Waals surface area contributed by atoms with Crippen LogP contribution in [-0.4, -0.2) is 30.4 Å². The van der Waals surface area contributed by atoms with Gasteiger partial charge in [0, 0.05) is 15.4 Å².